The van der Waals surface area contributed by atoms with Crippen molar-refractivity contribution in [2.45, 2.75) is 19.3 Å². The monoisotopic (exact) mass is 664 g/mol. The summed E-state index contributed by atoms with van der Waals surface area (Å²) in [6, 6.07) is 57.5. The molecule has 0 aliphatic heterocycles. The number of fused-ring (bicyclic) bond motifs is 8. The summed E-state index contributed by atoms with van der Waals surface area (Å²) in [5.41, 5.74) is 14.7. The number of nitrogens with zero attached hydrogens (tertiary/aromatic N) is 4. The molecule has 1 aliphatic carbocycles. The van der Waals surface area contributed by atoms with Gasteiger partial charge in [0.15, 0.2) is 5.82 Å². The van der Waals surface area contributed by atoms with Crippen LogP contribution < -0.4 is 0 Å². The molecule has 4 nitrogen and oxygen atoms in total. The molecule has 0 saturated heterocycles. The molecule has 0 saturated carbocycles. The van der Waals surface area contributed by atoms with Crippen molar-refractivity contribution in [1.29, 1.82) is 5.26 Å². The van der Waals surface area contributed by atoms with E-state index in [-0.39, 0.29) is 5.41 Å². The predicted octanol–water partition coefficient (Wildman–Crippen LogP) is 11.9. The van der Waals surface area contributed by atoms with Gasteiger partial charge in [0, 0.05) is 44.0 Å². The maximum absolute atomic E-state index is 9.86. The minimum absolute atomic E-state index is 0.140. The van der Waals surface area contributed by atoms with Crippen molar-refractivity contribution in [3.63, 3.8) is 0 Å². The number of hydrogen-bond acceptors (Lipinski definition) is 3. The van der Waals surface area contributed by atoms with E-state index in [1.807, 2.05) is 48.5 Å². The number of rotatable bonds is 4. The van der Waals surface area contributed by atoms with Gasteiger partial charge in [-0.15, -0.1) is 0 Å². The molecule has 1 aliphatic rings. The van der Waals surface area contributed by atoms with Crippen LogP contribution in [0.5, 0.6) is 0 Å². The molecule has 0 N–H and O–H groups in total. The van der Waals surface area contributed by atoms with Gasteiger partial charge in [-0.1, -0.05) is 129 Å². The first-order valence-corrected chi connectivity index (χ1v) is 17.6. The molecule has 244 valence electrons. The van der Waals surface area contributed by atoms with Gasteiger partial charge in [0.2, 0.25) is 0 Å². The van der Waals surface area contributed by atoms with Crippen molar-refractivity contribution in [2.75, 3.05) is 0 Å². The lowest BCUT2D eigenvalue weighted by Crippen LogP contribution is -2.14. The molecule has 10 rings (SSSR count). The molecule has 0 fully saturated rings. The fourth-order valence-electron chi connectivity index (χ4n) is 8.34. The van der Waals surface area contributed by atoms with Gasteiger partial charge in [0.05, 0.1) is 33.9 Å². The topological polar surface area (TPSA) is 54.5 Å². The molecule has 2 aromatic heterocycles. The average molecular weight is 665 g/mol. The molecular weight excluding hydrogens is 633 g/mol. The average Bonchev–Trinajstić information content (AvgIpc) is 3.66. The van der Waals surface area contributed by atoms with Gasteiger partial charge in [-0.3, -0.25) is 0 Å². The third kappa shape index (κ3) is 4.46. The van der Waals surface area contributed by atoms with Gasteiger partial charge >= 0.3 is 0 Å². The van der Waals surface area contributed by atoms with Crippen molar-refractivity contribution in [2.24, 2.45) is 0 Å². The van der Waals surface area contributed by atoms with Crippen LogP contribution in [-0.4, -0.2) is 14.5 Å². The molecule has 0 atom stereocenters. The lowest BCUT2D eigenvalue weighted by molar-refractivity contribution is 0.661. The lowest BCUT2D eigenvalue weighted by Gasteiger charge is -2.21. The zero-order chi connectivity index (χ0) is 35.0. The van der Waals surface area contributed by atoms with Crippen LogP contribution in [0.25, 0.3) is 83.3 Å². The highest BCUT2D eigenvalue weighted by Gasteiger charge is 2.37. The van der Waals surface area contributed by atoms with Crippen LogP contribution in [0.1, 0.15) is 30.5 Å². The second-order valence-corrected chi connectivity index (χ2v) is 14.1. The minimum atomic E-state index is -0.140. The van der Waals surface area contributed by atoms with Crippen LogP contribution in [-0.2, 0) is 5.41 Å². The highest BCUT2D eigenvalue weighted by molar-refractivity contribution is 6.15. The molecule has 52 heavy (non-hydrogen) atoms. The highest BCUT2D eigenvalue weighted by atomic mass is 15.0. The minimum Gasteiger partial charge on any atom is -0.309 e. The van der Waals surface area contributed by atoms with Gasteiger partial charge in [-0.2, -0.15) is 5.26 Å². The Hall–Kier alpha value is -6.83. The maximum atomic E-state index is 9.86. The normalized spacial score (nSPS) is 12.9. The highest BCUT2D eigenvalue weighted by Crippen LogP contribution is 2.53. The van der Waals surface area contributed by atoms with Crippen LogP contribution in [0.2, 0.25) is 0 Å². The number of benzene rings is 7. The fraction of sp³-hybridized carbons (Fsp3) is 0.0625. The molecule has 0 unspecified atom stereocenters. The Balaban J connectivity index is 1.32. The van der Waals surface area contributed by atoms with E-state index in [4.69, 9.17) is 9.97 Å². The van der Waals surface area contributed by atoms with Gasteiger partial charge in [-0.25, -0.2) is 9.97 Å². The van der Waals surface area contributed by atoms with Gasteiger partial charge in [-0.05, 0) is 70.3 Å². The van der Waals surface area contributed by atoms with Crippen LogP contribution >= 0.6 is 0 Å². The molecule has 4 heteroatoms. The number of aromatic nitrogens is 3. The summed E-state index contributed by atoms with van der Waals surface area (Å²) in [5, 5.41) is 13.3. The Morgan fingerprint density at radius 3 is 2.15 bits per heavy atom. The Labute approximate surface area is 301 Å². The van der Waals surface area contributed by atoms with E-state index < -0.39 is 0 Å². The smallest absolute Gasteiger partial charge is 0.160 e. The molecular formula is C48H32N4. The molecule has 9 aromatic rings. The largest absolute Gasteiger partial charge is 0.309 e. The summed E-state index contributed by atoms with van der Waals surface area (Å²) in [7, 11) is 0. The Bertz CT molecular complexity index is 2940. The van der Waals surface area contributed by atoms with E-state index in [2.05, 4.69) is 134 Å². The standard InChI is InChI=1S/C48H32N4/c1-48(2)40-20-9-6-18-38(40)44-41(48)24-23-37-36-17-8-11-22-43(36)52(46(37)44)35-27-33(32-16-12-13-30(25-32)29-49)26-34(28-35)47-50-42-21-10-7-19-39(42)45(51-47)31-14-4-3-5-15-31/h3-28H,1-2H3. The summed E-state index contributed by atoms with van der Waals surface area (Å²) < 4.78 is 2.43. The van der Waals surface area contributed by atoms with E-state index >= 15 is 0 Å². The quantitative estimate of drug-likeness (QED) is 0.188. The number of nitriles is 1. The maximum Gasteiger partial charge on any atom is 0.160 e. The van der Waals surface area contributed by atoms with Crippen LogP contribution in [0.15, 0.2) is 158 Å². The Kier molecular flexibility index (Phi) is 6.55. The number of hydrogen-bond donors (Lipinski definition) is 0. The second-order valence-electron chi connectivity index (χ2n) is 14.1. The van der Waals surface area contributed by atoms with Gasteiger partial charge in [0.1, 0.15) is 0 Å². The third-order valence-corrected chi connectivity index (χ3v) is 10.8. The van der Waals surface area contributed by atoms with Crippen molar-refractivity contribution in [1.82, 2.24) is 14.5 Å². The molecule has 7 aromatic carbocycles. The first kappa shape index (κ1) is 30.0. The summed E-state index contributed by atoms with van der Waals surface area (Å²) >= 11 is 0. The van der Waals surface area contributed by atoms with E-state index in [0.717, 1.165) is 50.1 Å². The lowest BCUT2D eigenvalue weighted by atomic mass is 9.82. The molecule has 0 amide bonds. The molecule has 0 spiro atoms. The Morgan fingerprint density at radius 1 is 0.558 bits per heavy atom. The first-order chi connectivity index (χ1) is 25.5. The van der Waals surface area contributed by atoms with E-state index in [1.54, 1.807) is 0 Å². The van der Waals surface area contributed by atoms with Gasteiger partial charge < -0.3 is 4.57 Å². The zero-order valence-corrected chi connectivity index (χ0v) is 28.8. The van der Waals surface area contributed by atoms with Crippen molar-refractivity contribution < 1.29 is 0 Å². The van der Waals surface area contributed by atoms with E-state index in [0.29, 0.717) is 11.4 Å². The van der Waals surface area contributed by atoms with E-state index in [9.17, 15) is 5.26 Å². The fourth-order valence-corrected chi connectivity index (χ4v) is 8.34. The van der Waals surface area contributed by atoms with Crippen LogP contribution in [0.3, 0.4) is 0 Å². The summed E-state index contributed by atoms with van der Waals surface area (Å²) in [4.78, 5) is 10.5. The Morgan fingerprint density at radius 2 is 1.29 bits per heavy atom. The molecule has 0 radical (unpaired) electrons. The molecule has 0 bridgehead atoms. The summed E-state index contributed by atoms with van der Waals surface area (Å²) in [6.45, 7) is 4.66. The second kappa shape index (κ2) is 11.3. The summed E-state index contributed by atoms with van der Waals surface area (Å²) in [5.74, 6) is 0.648. The van der Waals surface area contributed by atoms with Crippen LogP contribution in [0, 0.1) is 11.3 Å². The van der Waals surface area contributed by atoms with E-state index in [1.165, 1.54) is 38.5 Å². The van der Waals surface area contributed by atoms with Crippen LogP contribution in [0.4, 0.5) is 0 Å². The van der Waals surface area contributed by atoms with Gasteiger partial charge in [0.25, 0.3) is 0 Å². The van der Waals surface area contributed by atoms with Crippen molar-refractivity contribution in [3.05, 3.63) is 174 Å². The predicted molar refractivity (Wildman–Crippen MR) is 212 cm³/mol. The SMILES string of the molecule is CC1(C)c2ccccc2-c2c1ccc1c3ccccc3n(-c3cc(-c4cccc(C#N)c4)cc(-c4nc(-c5ccccc5)c5ccccc5n4)c3)c21. The van der Waals surface area contributed by atoms with Crippen molar-refractivity contribution >= 4 is 32.7 Å². The third-order valence-electron chi connectivity index (χ3n) is 10.8. The first-order valence-electron chi connectivity index (χ1n) is 17.6. The summed E-state index contributed by atoms with van der Waals surface area (Å²) in [6.07, 6.45) is 0. The molecule has 2 heterocycles. The zero-order valence-electron chi connectivity index (χ0n) is 28.8. The van der Waals surface area contributed by atoms with Crippen molar-refractivity contribution in [3.8, 4) is 56.7 Å². The number of para-hydroxylation sites is 2.